The van der Waals surface area contributed by atoms with Crippen LogP contribution >= 0.6 is 0 Å². The SMILES string of the molecule is COc1cc2ncc3c(c2cc1OC)C(=O)c1[nH]c2ccccc2c1C3=O. The van der Waals surface area contributed by atoms with Gasteiger partial charge in [-0.3, -0.25) is 14.6 Å². The summed E-state index contributed by atoms with van der Waals surface area (Å²) in [7, 11) is 3.06. The van der Waals surface area contributed by atoms with E-state index in [-0.39, 0.29) is 11.6 Å². The number of carbonyl (C=O) groups excluding carboxylic acids is 2. The number of benzene rings is 2. The first-order valence-electron chi connectivity index (χ1n) is 8.39. The Morgan fingerprint density at radius 2 is 1.63 bits per heavy atom. The lowest BCUT2D eigenvalue weighted by Crippen LogP contribution is -2.21. The van der Waals surface area contributed by atoms with Gasteiger partial charge in [0.05, 0.1) is 36.6 Å². The Hall–Kier alpha value is -3.67. The van der Waals surface area contributed by atoms with Crippen LogP contribution in [0.1, 0.15) is 32.0 Å². The number of para-hydroxylation sites is 1. The zero-order chi connectivity index (χ0) is 18.7. The lowest BCUT2D eigenvalue weighted by molar-refractivity contribution is 0.0979. The van der Waals surface area contributed by atoms with Crippen molar-refractivity contribution in [1.82, 2.24) is 9.97 Å². The van der Waals surface area contributed by atoms with Crippen molar-refractivity contribution in [3.63, 3.8) is 0 Å². The minimum absolute atomic E-state index is 0.207. The number of hydrogen-bond acceptors (Lipinski definition) is 5. The van der Waals surface area contributed by atoms with E-state index >= 15 is 0 Å². The summed E-state index contributed by atoms with van der Waals surface area (Å²) in [4.78, 5) is 34.0. The van der Waals surface area contributed by atoms with E-state index in [0.29, 0.717) is 44.8 Å². The molecule has 5 rings (SSSR count). The molecule has 1 aliphatic rings. The molecule has 0 bridgehead atoms. The Bertz CT molecular complexity index is 1290. The third kappa shape index (κ3) is 1.98. The van der Waals surface area contributed by atoms with Crippen molar-refractivity contribution in [2.45, 2.75) is 0 Å². The third-order valence-electron chi connectivity index (χ3n) is 5.01. The van der Waals surface area contributed by atoms with Gasteiger partial charge in [0.1, 0.15) is 0 Å². The summed E-state index contributed by atoms with van der Waals surface area (Å²) in [5, 5.41) is 1.30. The van der Waals surface area contributed by atoms with Crippen molar-refractivity contribution >= 4 is 33.4 Å². The molecule has 6 nitrogen and oxygen atoms in total. The van der Waals surface area contributed by atoms with Crippen LogP contribution in [0.2, 0.25) is 0 Å². The molecule has 0 amide bonds. The number of H-pyrrole nitrogens is 1. The Morgan fingerprint density at radius 3 is 2.41 bits per heavy atom. The summed E-state index contributed by atoms with van der Waals surface area (Å²) >= 11 is 0. The van der Waals surface area contributed by atoms with Crippen LogP contribution < -0.4 is 9.47 Å². The number of aromatic nitrogens is 2. The molecular formula is C21H14N2O4. The summed E-state index contributed by atoms with van der Waals surface area (Å²) < 4.78 is 10.7. The number of fused-ring (bicyclic) bond motifs is 6. The fraction of sp³-hybridized carbons (Fsp3) is 0.0952. The fourth-order valence-corrected chi connectivity index (χ4v) is 3.74. The first-order valence-corrected chi connectivity index (χ1v) is 8.39. The van der Waals surface area contributed by atoms with Crippen molar-refractivity contribution in [1.29, 1.82) is 0 Å². The van der Waals surface area contributed by atoms with Crippen molar-refractivity contribution < 1.29 is 19.1 Å². The molecule has 132 valence electrons. The molecule has 1 aliphatic carbocycles. The molecule has 0 atom stereocenters. The molecule has 6 heteroatoms. The largest absolute Gasteiger partial charge is 0.493 e. The fourth-order valence-electron chi connectivity index (χ4n) is 3.74. The molecule has 0 radical (unpaired) electrons. The second-order valence-corrected chi connectivity index (χ2v) is 6.35. The topological polar surface area (TPSA) is 81.3 Å². The van der Waals surface area contributed by atoms with Crippen molar-refractivity contribution in [3.8, 4) is 11.5 Å². The van der Waals surface area contributed by atoms with Gasteiger partial charge >= 0.3 is 0 Å². The maximum absolute atomic E-state index is 13.3. The average molecular weight is 358 g/mol. The number of ether oxygens (including phenoxy) is 2. The number of rotatable bonds is 2. The second kappa shape index (κ2) is 5.41. The molecule has 2 heterocycles. The smallest absolute Gasteiger partial charge is 0.211 e. The van der Waals surface area contributed by atoms with Crippen molar-refractivity contribution in [3.05, 3.63) is 65.0 Å². The predicted molar refractivity (Wildman–Crippen MR) is 100 cm³/mol. The van der Waals surface area contributed by atoms with Gasteiger partial charge in [-0.2, -0.15) is 0 Å². The minimum Gasteiger partial charge on any atom is -0.493 e. The standard InChI is InChI=1S/C21H14N2O4/c1-26-15-7-11-14(8-16(15)27-2)22-9-12-17(11)21(25)19-18(20(12)24)10-5-3-4-6-13(10)23-19/h3-9,23H,1-2H3. The van der Waals surface area contributed by atoms with Crippen molar-refractivity contribution in [2.24, 2.45) is 0 Å². The Kier molecular flexibility index (Phi) is 3.12. The molecule has 0 aliphatic heterocycles. The molecule has 0 spiro atoms. The van der Waals surface area contributed by atoms with E-state index in [4.69, 9.17) is 9.47 Å². The summed E-state index contributed by atoms with van der Waals surface area (Å²) in [6, 6.07) is 10.8. The number of aromatic amines is 1. The summed E-state index contributed by atoms with van der Waals surface area (Å²) in [6.45, 7) is 0. The normalized spacial score (nSPS) is 13.0. The Morgan fingerprint density at radius 1 is 0.889 bits per heavy atom. The van der Waals surface area contributed by atoms with Gasteiger partial charge in [0.15, 0.2) is 17.3 Å². The van der Waals surface area contributed by atoms with E-state index in [9.17, 15) is 9.59 Å². The van der Waals surface area contributed by atoms with Gasteiger partial charge in [0.25, 0.3) is 0 Å². The van der Waals surface area contributed by atoms with Gasteiger partial charge in [-0.1, -0.05) is 18.2 Å². The molecule has 1 N–H and O–H groups in total. The number of nitrogens with zero attached hydrogens (tertiary/aromatic N) is 1. The first-order chi connectivity index (χ1) is 13.1. The van der Waals surface area contributed by atoms with Crippen LogP contribution in [0.25, 0.3) is 21.8 Å². The summed E-state index contributed by atoms with van der Waals surface area (Å²) in [5.41, 5.74) is 2.68. The number of ketones is 2. The highest BCUT2D eigenvalue weighted by molar-refractivity contribution is 6.34. The number of pyridine rings is 1. The predicted octanol–water partition coefficient (Wildman–Crippen LogP) is 3.51. The molecule has 0 fully saturated rings. The zero-order valence-electron chi connectivity index (χ0n) is 14.6. The van der Waals surface area contributed by atoms with E-state index in [0.717, 1.165) is 10.9 Å². The Balaban J connectivity index is 1.85. The molecule has 2 aromatic heterocycles. The molecule has 0 saturated carbocycles. The number of carbonyl (C=O) groups is 2. The van der Waals surface area contributed by atoms with Gasteiger partial charge in [-0.25, -0.2) is 0 Å². The van der Waals surface area contributed by atoms with E-state index in [1.807, 2.05) is 24.3 Å². The maximum Gasteiger partial charge on any atom is 0.211 e. The molecule has 27 heavy (non-hydrogen) atoms. The van der Waals surface area contributed by atoms with Gasteiger partial charge < -0.3 is 14.5 Å². The highest BCUT2D eigenvalue weighted by Gasteiger charge is 2.35. The second-order valence-electron chi connectivity index (χ2n) is 6.35. The first kappa shape index (κ1) is 15.6. The highest BCUT2D eigenvalue weighted by Crippen LogP contribution is 2.38. The minimum atomic E-state index is -0.226. The van der Waals surface area contributed by atoms with E-state index in [1.165, 1.54) is 20.4 Å². The molecule has 0 saturated heterocycles. The van der Waals surface area contributed by atoms with E-state index in [2.05, 4.69) is 9.97 Å². The molecule has 0 unspecified atom stereocenters. The van der Waals surface area contributed by atoms with Gasteiger partial charge in [-0.15, -0.1) is 0 Å². The average Bonchev–Trinajstić information content (AvgIpc) is 3.10. The van der Waals surface area contributed by atoms with Gasteiger partial charge in [0, 0.05) is 34.1 Å². The van der Waals surface area contributed by atoms with Gasteiger partial charge in [-0.05, 0) is 12.1 Å². The van der Waals surface area contributed by atoms with Crippen LogP contribution in [-0.2, 0) is 0 Å². The van der Waals surface area contributed by atoms with Crippen LogP contribution in [0.15, 0.2) is 42.6 Å². The Labute approximate surface area is 153 Å². The monoisotopic (exact) mass is 358 g/mol. The number of hydrogen-bond donors (Lipinski definition) is 1. The number of nitrogens with one attached hydrogen (secondary N) is 1. The van der Waals surface area contributed by atoms with Crippen LogP contribution in [0, 0.1) is 0 Å². The molecule has 2 aromatic carbocycles. The zero-order valence-corrected chi connectivity index (χ0v) is 14.6. The summed E-state index contributed by atoms with van der Waals surface area (Å²) in [5.74, 6) is 0.554. The van der Waals surface area contributed by atoms with Crippen LogP contribution in [0.3, 0.4) is 0 Å². The molecule has 4 aromatic rings. The highest BCUT2D eigenvalue weighted by atomic mass is 16.5. The van der Waals surface area contributed by atoms with E-state index in [1.54, 1.807) is 12.1 Å². The van der Waals surface area contributed by atoms with Crippen LogP contribution in [0.5, 0.6) is 11.5 Å². The third-order valence-corrected chi connectivity index (χ3v) is 5.01. The summed E-state index contributed by atoms with van der Waals surface area (Å²) in [6.07, 6.45) is 1.47. The van der Waals surface area contributed by atoms with Crippen LogP contribution in [0.4, 0.5) is 0 Å². The van der Waals surface area contributed by atoms with E-state index < -0.39 is 0 Å². The lowest BCUT2D eigenvalue weighted by Gasteiger charge is -2.17. The number of methoxy groups -OCH3 is 2. The van der Waals surface area contributed by atoms with Crippen molar-refractivity contribution in [2.75, 3.05) is 14.2 Å². The van der Waals surface area contributed by atoms with Crippen LogP contribution in [-0.4, -0.2) is 35.8 Å². The molecular weight excluding hydrogens is 344 g/mol. The quantitative estimate of drug-likeness (QED) is 0.522. The lowest BCUT2D eigenvalue weighted by atomic mass is 9.86. The maximum atomic E-state index is 13.3. The van der Waals surface area contributed by atoms with Gasteiger partial charge in [0.2, 0.25) is 5.78 Å².